The predicted molar refractivity (Wildman–Crippen MR) is 89.2 cm³/mol. The number of hydrogen-bond donors (Lipinski definition) is 0. The smallest absolute Gasteiger partial charge is 0.166 e. The fourth-order valence-corrected chi connectivity index (χ4v) is 2.73. The Morgan fingerprint density at radius 1 is 0.826 bits per heavy atom. The van der Waals surface area contributed by atoms with Crippen LogP contribution in [0.4, 0.5) is 4.39 Å². The van der Waals surface area contributed by atoms with Gasteiger partial charge in [-0.15, -0.1) is 0 Å². The van der Waals surface area contributed by atoms with Gasteiger partial charge in [0.05, 0.1) is 5.69 Å². The Morgan fingerprint density at radius 2 is 1.57 bits per heavy atom. The maximum Gasteiger partial charge on any atom is 0.166 e. The number of nitrogens with zero attached hydrogens (tertiary/aromatic N) is 1. The second-order valence-corrected chi connectivity index (χ2v) is 5.57. The largest absolute Gasteiger partial charge is 0.338 e. The molecule has 1 aromatic heterocycles. The van der Waals surface area contributed by atoms with Crippen LogP contribution in [0.3, 0.4) is 0 Å². The molecule has 1 heterocycles. The third-order valence-corrected chi connectivity index (χ3v) is 3.99. The molecule has 23 heavy (non-hydrogen) atoms. The minimum Gasteiger partial charge on any atom is -0.338 e. The molecule has 0 bridgehead atoms. The summed E-state index contributed by atoms with van der Waals surface area (Å²) in [7, 11) is 0. The van der Waals surface area contributed by atoms with Gasteiger partial charge < -0.3 is 4.57 Å². The van der Waals surface area contributed by atoms with Gasteiger partial charge in [-0.05, 0) is 48.2 Å². The summed E-state index contributed by atoms with van der Waals surface area (Å²) in [5.74, 6) is -0.249. The fourth-order valence-electron chi connectivity index (χ4n) is 2.73. The van der Waals surface area contributed by atoms with Gasteiger partial charge in [-0.2, -0.15) is 0 Å². The summed E-state index contributed by atoms with van der Waals surface area (Å²) >= 11 is 0. The molecule has 0 aliphatic rings. The van der Waals surface area contributed by atoms with E-state index in [1.54, 1.807) is 12.1 Å². The van der Waals surface area contributed by atoms with Crippen LogP contribution in [0.2, 0.25) is 0 Å². The van der Waals surface area contributed by atoms with Crippen molar-refractivity contribution in [3.05, 3.63) is 95.1 Å². The fraction of sp³-hybridized carbons (Fsp3) is 0.150. The first kappa shape index (κ1) is 15.2. The molecule has 3 aromatic rings. The van der Waals surface area contributed by atoms with Crippen LogP contribution in [0.15, 0.2) is 66.7 Å². The van der Waals surface area contributed by atoms with Crippen molar-refractivity contribution in [2.24, 2.45) is 0 Å². The van der Waals surface area contributed by atoms with Gasteiger partial charge in [0.25, 0.3) is 0 Å². The van der Waals surface area contributed by atoms with Crippen molar-refractivity contribution in [3.63, 3.8) is 0 Å². The van der Waals surface area contributed by atoms with Crippen molar-refractivity contribution in [3.8, 4) is 0 Å². The minimum atomic E-state index is -0.249. The second kappa shape index (κ2) is 7.05. The van der Waals surface area contributed by atoms with E-state index in [1.807, 2.05) is 34.9 Å². The van der Waals surface area contributed by atoms with Crippen molar-refractivity contribution in [1.82, 2.24) is 4.57 Å². The summed E-state index contributed by atoms with van der Waals surface area (Å²) in [6.07, 6.45) is 2.65. The van der Waals surface area contributed by atoms with E-state index in [9.17, 15) is 9.18 Å². The Labute approximate surface area is 135 Å². The number of carbonyl (C=O) groups excluding carboxylic acids is 1. The Bertz CT molecular complexity index is 775. The zero-order valence-electron chi connectivity index (χ0n) is 12.8. The number of halogens is 1. The monoisotopic (exact) mass is 307 g/mol. The predicted octanol–water partition coefficient (Wildman–Crippen LogP) is 4.27. The molecule has 0 atom stereocenters. The first-order valence-electron chi connectivity index (χ1n) is 7.68. The second-order valence-electron chi connectivity index (χ2n) is 5.57. The van der Waals surface area contributed by atoms with Crippen LogP contribution < -0.4 is 0 Å². The van der Waals surface area contributed by atoms with Crippen LogP contribution in [0, 0.1) is 5.82 Å². The molecule has 2 nitrogen and oxygen atoms in total. The van der Waals surface area contributed by atoms with Gasteiger partial charge >= 0.3 is 0 Å². The molecule has 0 aliphatic carbocycles. The molecule has 0 radical (unpaired) electrons. The standard InChI is InChI=1S/C20H18FNO/c21-18-9-6-17(7-10-18)14-22-19(12-13-20(22)15-23)11-8-16-4-2-1-3-5-16/h1-7,9-10,12-13,15H,8,11,14H2. The number of aryl methyl sites for hydroxylation is 2. The summed E-state index contributed by atoms with van der Waals surface area (Å²) in [6.45, 7) is 0.575. The van der Waals surface area contributed by atoms with Gasteiger partial charge in [-0.1, -0.05) is 42.5 Å². The summed E-state index contributed by atoms with van der Waals surface area (Å²) in [4.78, 5) is 11.3. The van der Waals surface area contributed by atoms with Crippen LogP contribution in [-0.4, -0.2) is 10.9 Å². The highest BCUT2D eigenvalue weighted by molar-refractivity contribution is 5.72. The van der Waals surface area contributed by atoms with Gasteiger partial charge in [0, 0.05) is 12.2 Å². The van der Waals surface area contributed by atoms with Gasteiger partial charge in [-0.25, -0.2) is 4.39 Å². The van der Waals surface area contributed by atoms with Crippen LogP contribution in [0.25, 0.3) is 0 Å². The Balaban J connectivity index is 1.79. The number of aldehydes is 1. The molecule has 0 saturated carbocycles. The average molecular weight is 307 g/mol. The molecule has 0 aliphatic heterocycles. The highest BCUT2D eigenvalue weighted by atomic mass is 19.1. The van der Waals surface area contributed by atoms with Crippen molar-refractivity contribution in [2.75, 3.05) is 0 Å². The summed E-state index contributed by atoms with van der Waals surface area (Å²) in [5, 5.41) is 0. The van der Waals surface area contributed by atoms with Gasteiger partial charge in [0.2, 0.25) is 0 Å². The average Bonchev–Trinajstić information content (AvgIpc) is 2.98. The van der Waals surface area contributed by atoms with E-state index in [4.69, 9.17) is 0 Å². The zero-order chi connectivity index (χ0) is 16.1. The molecule has 0 unspecified atom stereocenters. The number of carbonyl (C=O) groups is 1. The molecular formula is C20H18FNO. The maximum absolute atomic E-state index is 13.0. The normalized spacial score (nSPS) is 10.7. The molecule has 0 fully saturated rings. The maximum atomic E-state index is 13.0. The van der Waals surface area contributed by atoms with Gasteiger partial charge in [0.1, 0.15) is 5.82 Å². The Morgan fingerprint density at radius 3 is 2.26 bits per heavy atom. The van der Waals surface area contributed by atoms with Crippen molar-refractivity contribution in [2.45, 2.75) is 19.4 Å². The molecule has 2 aromatic carbocycles. The SMILES string of the molecule is O=Cc1ccc(CCc2ccccc2)n1Cc1ccc(F)cc1. The lowest BCUT2D eigenvalue weighted by Gasteiger charge is -2.11. The number of benzene rings is 2. The Kier molecular flexibility index (Phi) is 4.67. The number of aromatic nitrogens is 1. The van der Waals surface area contributed by atoms with Crippen molar-refractivity contribution in [1.29, 1.82) is 0 Å². The number of hydrogen-bond acceptors (Lipinski definition) is 1. The highest BCUT2D eigenvalue weighted by Gasteiger charge is 2.09. The zero-order valence-corrected chi connectivity index (χ0v) is 12.8. The van der Waals surface area contributed by atoms with E-state index < -0.39 is 0 Å². The summed E-state index contributed by atoms with van der Waals surface area (Å²) in [6, 6.07) is 20.5. The Hall–Kier alpha value is -2.68. The van der Waals surface area contributed by atoms with Crippen LogP contribution in [-0.2, 0) is 19.4 Å². The van der Waals surface area contributed by atoms with Crippen molar-refractivity contribution >= 4 is 6.29 Å². The van der Waals surface area contributed by atoms with Gasteiger partial charge in [-0.3, -0.25) is 4.79 Å². The quantitative estimate of drug-likeness (QED) is 0.623. The molecule has 0 spiro atoms. The molecule has 3 heteroatoms. The molecule has 116 valence electrons. The first-order valence-corrected chi connectivity index (χ1v) is 7.68. The highest BCUT2D eigenvalue weighted by Crippen LogP contribution is 2.15. The lowest BCUT2D eigenvalue weighted by Crippen LogP contribution is -2.09. The molecule has 0 amide bonds. The minimum absolute atomic E-state index is 0.249. The third-order valence-electron chi connectivity index (χ3n) is 3.99. The van der Waals surface area contributed by atoms with Gasteiger partial charge in [0.15, 0.2) is 6.29 Å². The summed E-state index contributed by atoms with van der Waals surface area (Å²) in [5.41, 5.74) is 4.01. The molecular weight excluding hydrogens is 289 g/mol. The lowest BCUT2D eigenvalue weighted by atomic mass is 10.1. The topological polar surface area (TPSA) is 22.0 Å². The molecule has 0 saturated heterocycles. The third kappa shape index (κ3) is 3.75. The first-order chi connectivity index (χ1) is 11.3. The molecule has 3 rings (SSSR count). The molecule has 0 N–H and O–H groups in total. The van der Waals surface area contributed by atoms with Crippen LogP contribution >= 0.6 is 0 Å². The lowest BCUT2D eigenvalue weighted by molar-refractivity contribution is 0.111. The van der Waals surface area contributed by atoms with E-state index in [0.29, 0.717) is 12.2 Å². The van der Waals surface area contributed by atoms with Crippen LogP contribution in [0.5, 0.6) is 0 Å². The van der Waals surface area contributed by atoms with E-state index in [2.05, 4.69) is 12.1 Å². The van der Waals surface area contributed by atoms with Crippen LogP contribution in [0.1, 0.15) is 27.3 Å². The van der Waals surface area contributed by atoms with E-state index in [0.717, 1.165) is 30.4 Å². The van der Waals surface area contributed by atoms with E-state index >= 15 is 0 Å². The van der Waals surface area contributed by atoms with E-state index in [-0.39, 0.29) is 5.82 Å². The van der Waals surface area contributed by atoms with E-state index in [1.165, 1.54) is 17.7 Å². The summed E-state index contributed by atoms with van der Waals surface area (Å²) < 4.78 is 15.0. The number of rotatable bonds is 6. The van der Waals surface area contributed by atoms with Crippen molar-refractivity contribution < 1.29 is 9.18 Å².